The molecule has 1 aromatic rings. The lowest BCUT2D eigenvalue weighted by atomic mass is 10.1. The third kappa shape index (κ3) is 2.10. The first-order valence-corrected chi connectivity index (χ1v) is 5.49. The van der Waals surface area contributed by atoms with Gasteiger partial charge < -0.3 is 16.4 Å². The molecular weight excluding hydrogens is 202 g/mol. The van der Waals surface area contributed by atoms with Crippen molar-refractivity contribution in [2.24, 2.45) is 11.7 Å². The standard InChI is InChI=1S/C12H17N3O/c1-15(7-8-5-6-8)10-4-2-3-9(11(10)13)12(14)16/h2-4,8H,5-7,13H2,1H3,(H2,14,16). The second kappa shape index (κ2) is 4.04. The summed E-state index contributed by atoms with van der Waals surface area (Å²) in [6.07, 6.45) is 2.58. The zero-order chi connectivity index (χ0) is 11.7. The van der Waals surface area contributed by atoms with Crippen LogP contribution < -0.4 is 16.4 Å². The van der Waals surface area contributed by atoms with Gasteiger partial charge in [0.15, 0.2) is 0 Å². The number of carbonyl (C=O) groups is 1. The predicted molar refractivity (Wildman–Crippen MR) is 65.4 cm³/mol. The van der Waals surface area contributed by atoms with Crippen LogP contribution in [0.15, 0.2) is 18.2 Å². The van der Waals surface area contributed by atoms with E-state index in [9.17, 15) is 4.79 Å². The smallest absolute Gasteiger partial charge is 0.250 e. The van der Waals surface area contributed by atoms with Crippen molar-refractivity contribution >= 4 is 17.3 Å². The summed E-state index contributed by atoms with van der Waals surface area (Å²) in [5.74, 6) is 0.306. The van der Waals surface area contributed by atoms with Crippen LogP contribution in [0.3, 0.4) is 0 Å². The number of hydrogen-bond acceptors (Lipinski definition) is 3. The minimum Gasteiger partial charge on any atom is -0.396 e. The Bertz CT molecular complexity index is 413. The highest BCUT2D eigenvalue weighted by Gasteiger charge is 2.24. The van der Waals surface area contributed by atoms with E-state index < -0.39 is 5.91 Å². The second-order valence-electron chi connectivity index (χ2n) is 4.43. The number of carbonyl (C=O) groups excluding carboxylic acids is 1. The second-order valence-corrected chi connectivity index (χ2v) is 4.43. The van der Waals surface area contributed by atoms with E-state index in [-0.39, 0.29) is 0 Å². The van der Waals surface area contributed by atoms with E-state index >= 15 is 0 Å². The van der Waals surface area contributed by atoms with Gasteiger partial charge in [-0.3, -0.25) is 4.79 Å². The molecule has 16 heavy (non-hydrogen) atoms. The van der Waals surface area contributed by atoms with Crippen molar-refractivity contribution < 1.29 is 4.79 Å². The molecule has 1 aliphatic rings. The molecule has 4 heteroatoms. The molecule has 2 rings (SSSR count). The number of nitrogen functional groups attached to an aromatic ring is 1. The van der Waals surface area contributed by atoms with Crippen molar-refractivity contribution in [2.75, 3.05) is 24.2 Å². The van der Waals surface area contributed by atoms with Gasteiger partial charge in [0.1, 0.15) is 0 Å². The fourth-order valence-electron chi connectivity index (χ4n) is 1.89. The fourth-order valence-corrected chi connectivity index (χ4v) is 1.89. The number of para-hydroxylation sites is 1. The molecule has 1 amide bonds. The van der Waals surface area contributed by atoms with Gasteiger partial charge in [-0.2, -0.15) is 0 Å². The minimum absolute atomic E-state index is 0.403. The first kappa shape index (κ1) is 10.8. The molecule has 4 N–H and O–H groups in total. The highest BCUT2D eigenvalue weighted by molar-refractivity contribution is 6.00. The summed E-state index contributed by atoms with van der Waals surface area (Å²) in [7, 11) is 1.99. The zero-order valence-electron chi connectivity index (χ0n) is 9.44. The molecule has 0 saturated heterocycles. The van der Waals surface area contributed by atoms with Gasteiger partial charge in [0.25, 0.3) is 5.91 Å². The van der Waals surface area contributed by atoms with Crippen LogP contribution in [-0.4, -0.2) is 19.5 Å². The lowest BCUT2D eigenvalue weighted by Gasteiger charge is -2.21. The Morgan fingerprint density at radius 3 is 2.75 bits per heavy atom. The molecule has 86 valence electrons. The van der Waals surface area contributed by atoms with Gasteiger partial charge in [0.05, 0.1) is 16.9 Å². The number of anilines is 2. The topological polar surface area (TPSA) is 72.3 Å². The van der Waals surface area contributed by atoms with Gasteiger partial charge in [-0.1, -0.05) is 6.07 Å². The van der Waals surface area contributed by atoms with E-state index in [1.54, 1.807) is 6.07 Å². The number of benzene rings is 1. The van der Waals surface area contributed by atoms with Gasteiger partial charge in [0, 0.05) is 13.6 Å². The number of amides is 1. The molecule has 0 aliphatic heterocycles. The van der Waals surface area contributed by atoms with Crippen LogP contribution in [0.1, 0.15) is 23.2 Å². The van der Waals surface area contributed by atoms with Crippen molar-refractivity contribution in [3.8, 4) is 0 Å². The molecule has 0 heterocycles. The minimum atomic E-state index is -0.473. The molecule has 1 saturated carbocycles. The monoisotopic (exact) mass is 219 g/mol. The first-order valence-electron chi connectivity index (χ1n) is 5.49. The quantitative estimate of drug-likeness (QED) is 0.748. The van der Waals surface area contributed by atoms with Crippen molar-refractivity contribution in [3.05, 3.63) is 23.8 Å². The lowest BCUT2D eigenvalue weighted by molar-refractivity contribution is 0.100. The van der Waals surface area contributed by atoms with Crippen LogP contribution >= 0.6 is 0 Å². The van der Waals surface area contributed by atoms with Crippen molar-refractivity contribution in [1.82, 2.24) is 0 Å². The lowest BCUT2D eigenvalue weighted by Crippen LogP contribution is -2.23. The number of rotatable bonds is 4. The molecule has 0 bridgehead atoms. The van der Waals surface area contributed by atoms with E-state index in [2.05, 4.69) is 4.90 Å². The molecule has 0 unspecified atom stereocenters. The average molecular weight is 219 g/mol. The van der Waals surface area contributed by atoms with Gasteiger partial charge in [0.2, 0.25) is 0 Å². The SMILES string of the molecule is CN(CC1CC1)c1cccc(C(N)=O)c1N. The maximum atomic E-state index is 11.2. The molecule has 0 spiro atoms. The van der Waals surface area contributed by atoms with Gasteiger partial charge in [-0.25, -0.2) is 0 Å². The number of primary amides is 1. The van der Waals surface area contributed by atoms with E-state index in [0.29, 0.717) is 11.3 Å². The van der Waals surface area contributed by atoms with Crippen LogP contribution in [0.5, 0.6) is 0 Å². The summed E-state index contributed by atoms with van der Waals surface area (Å²) in [4.78, 5) is 13.3. The predicted octanol–water partition coefficient (Wildman–Crippen LogP) is 1.21. The van der Waals surface area contributed by atoms with Gasteiger partial charge >= 0.3 is 0 Å². The maximum absolute atomic E-state index is 11.2. The number of nitrogens with two attached hydrogens (primary N) is 2. The molecule has 1 aliphatic carbocycles. The highest BCUT2D eigenvalue weighted by Crippen LogP contribution is 2.33. The van der Waals surface area contributed by atoms with Crippen LogP contribution in [0.25, 0.3) is 0 Å². The maximum Gasteiger partial charge on any atom is 0.250 e. The Balaban J connectivity index is 2.25. The van der Waals surface area contributed by atoms with Crippen molar-refractivity contribution in [3.63, 3.8) is 0 Å². The summed E-state index contributed by atoms with van der Waals surface area (Å²) >= 11 is 0. The van der Waals surface area contributed by atoms with Crippen molar-refractivity contribution in [2.45, 2.75) is 12.8 Å². The molecular formula is C12H17N3O. The Morgan fingerprint density at radius 2 is 2.19 bits per heavy atom. The Hall–Kier alpha value is -1.71. The van der Waals surface area contributed by atoms with E-state index in [1.807, 2.05) is 19.2 Å². The molecule has 0 atom stereocenters. The third-order valence-corrected chi connectivity index (χ3v) is 2.99. The largest absolute Gasteiger partial charge is 0.396 e. The fraction of sp³-hybridized carbons (Fsp3) is 0.417. The van der Waals surface area contributed by atoms with Crippen LogP contribution in [0.4, 0.5) is 11.4 Å². The first-order chi connectivity index (χ1) is 7.59. The number of nitrogens with zero attached hydrogens (tertiary/aromatic N) is 1. The molecule has 0 aromatic heterocycles. The van der Waals surface area contributed by atoms with Crippen LogP contribution in [0, 0.1) is 5.92 Å². The van der Waals surface area contributed by atoms with Crippen LogP contribution in [-0.2, 0) is 0 Å². The summed E-state index contributed by atoms with van der Waals surface area (Å²) in [6.45, 7) is 0.992. The average Bonchev–Trinajstić information content (AvgIpc) is 3.01. The molecule has 1 aromatic carbocycles. The van der Waals surface area contributed by atoms with E-state index in [0.717, 1.165) is 18.2 Å². The Kier molecular flexibility index (Phi) is 2.73. The molecule has 0 radical (unpaired) electrons. The molecule has 4 nitrogen and oxygen atoms in total. The number of hydrogen-bond donors (Lipinski definition) is 2. The molecule has 1 fully saturated rings. The summed E-state index contributed by atoms with van der Waals surface area (Å²) in [5, 5.41) is 0. The Labute approximate surface area is 95.2 Å². The summed E-state index contributed by atoms with van der Waals surface area (Å²) in [6, 6.07) is 5.39. The van der Waals surface area contributed by atoms with E-state index in [1.165, 1.54) is 12.8 Å². The third-order valence-electron chi connectivity index (χ3n) is 2.99. The van der Waals surface area contributed by atoms with E-state index in [4.69, 9.17) is 11.5 Å². The van der Waals surface area contributed by atoms with Gasteiger partial charge in [-0.05, 0) is 30.9 Å². The van der Waals surface area contributed by atoms with Crippen LogP contribution in [0.2, 0.25) is 0 Å². The van der Waals surface area contributed by atoms with Crippen molar-refractivity contribution in [1.29, 1.82) is 0 Å². The highest BCUT2D eigenvalue weighted by atomic mass is 16.1. The normalized spacial score (nSPS) is 14.8. The van der Waals surface area contributed by atoms with Gasteiger partial charge in [-0.15, -0.1) is 0 Å². The summed E-state index contributed by atoms with van der Waals surface area (Å²) in [5.41, 5.74) is 13.0. The summed E-state index contributed by atoms with van der Waals surface area (Å²) < 4.78 is 0. The zero-order valence-corrected chi connectivity index (χ0v) is 9.44. The Morgan fingerprint density at radius 1 is 1.50 bits per heavy atom.